The zero-order valence-corrected chi connectivity index (χ0v) is 20.7. The second kappa shape index (κ2) is 10.8. The average Bonchev–Trinajstić information content (AvgIpc) is 3.40. The average molecular weight is 501 g/mol. The molecule has 0 bridgehead atoms. The number of carboxylic acid groups (broad SMARTS) is 1. The van der Waals surface area contributed by atoms with Crippen molar-refractivity contribution in [3.05, 3.63) is 54.1 Å². The summed E-state index contributed by atoms with van der Waals surface area (Å²) in [7, 11) is -3.82. The fourth-order valence-electron chi connectivity index (χ4n) is 4.81. The van der Waals surface area contributed by atoms with Crippen LogP contribution < -0.4 is 9.64 Å². The van der Waals surface area contributed by atoms with Crippen LogP contribution in [0.25, 0.3) is 0 Å². The van der Waals surface area contributed by atoms with E-state index in [1.165, 1.54) is 41.4 Å². The number of carbonyl (C=O) groups excluding carboxylic acids is 1. The van der Waals surface area contributed by atoms with Gasteiger partial charge in [-0.2, -0.15) is 4.31 Å². The Balaban J connectivity index is 1.41. The third-order valence-corrected chi connectivity index (χ3v) is 8.75. The van der Waals surface area contributed by atoms with E-state index in [1.807, 2.05) is 31.2 Å². The van der Waals surface area contributed by atoms with Gasteiger partial charge in [0.2, 0.25) is 10.0 Å². The quantitative estimate of drug-likeness (QED) is 0.433. The molecular weight excluding hydrogens is 468 g/mol. The van der Waals surface area contributed by atoms with E-state index in [0.717, 1.165) is 24.3 Å². The Morgan fingerprint density at radius 2 is 1.66 bits per heavy atom. The van der Waals surface area contributed by atoms with Crippen molar-refractivity contribution in [3.63, 3.8) is 0 Å². The molecule has 35 heavy (non-hydrogen) atoms. The summed E-state index contributed by atoms with van der Waals surface area (Å²) in [6.45, 7) is 4.30. The summed E-state index contributed by atoms with van der Waals surface area (Å²) in [6.07, 6.45) is 3.95. The monoisotopic (exact) mass is 500 g/mol. The molecular formula is C26H32N2O6S. The molecule has 188 valence electrons. The maximum absolute atomic E-state index is 13.0. The fourth-order valence-corrected chi connectivity index (χ4v) is 6.33. The lowest BCUT2D eigenvalue weighted by atomic mass is 9.96. The van der Waals surface area contributed by atoms with E-state index in [2.05, 4.69) is 4.90 Å². The highest BCUT2D eigenvalue weighted by atomic mass is 32.2. The lowest BCUT2D eigenvalue weighted by Gasteiger charge is -2.29. The molecule has 9 heteroatoms. The van der Waals surface area contributed by atoms with Gasteiger partial charge >= 0.3 is 11.9 Å². The van der Waals surface area contributed by atoms with Gasteiger partial charge in [-0.15, -0.1) is 0 Å². The maximum atomic E-state index is 13.0. The molecule has 2 aliphatic rings. The number of piperidine rings is 1. The van der Waals surface area contributed by atoms with E-state index in [4.69, 9.17) is 4.74 Å². The maximum Gasteiger partial charge on any atom is 0.318 e. The number of aliphatic carboxylic acids is 1. The van der Waals surface area contributed by atoms with Gasteiger partial charge in [-0.05, 0) is 74.1 Å². The summed E-state index contributed by atoms with van der Waals surface area (Å²) in [6, 6.07) is 13.8. The zero-order valence-electron chi connectivity index (χ0n) is 19.9. The lowest BCUT2D eigenvalue weighted by molar-refractivity contribution is -0.143. The molecule has 0 spiro atoms. The molecule has 2 aliphatic heterocycles. The Morgan fingerprint density at radius 3 is 2.26 bits per heavy atom. The first-order chi connectivity index (χ1) is 16.8. The van der Waals surface area contributed by atoms with Crippen LogP contribution in [0.3, 0.4) is 0 Å². The first-order valence-electron chi connectivity index (χ1n) is 12.2. The third-order valence-electron chi connectivity index (χ3n) is 6.87. The number of carboxylic acids is 1. The van der Waals surface area contributed by atoms with Gasteiger partial charge in [0.25, 0.3) is 0 Å². The van der Waals surface area contributed by atoms with Crippen molar-refractivity contribution in [1.29, 1.82) is 0 Å². The van der Waals surface area contributed by atoms with E-state index in [0.29, 0.717) is 19.3 Å². The summed E-state index contributed by atoms with van der Waals surface area (Å²) < 4.78 is 32.7. The Morgan fingerprint density at radius 1 is 1.00 bits per heavy atom. The SMILES string of the molecule is CCC(C(=O)Oc1ccc(S(=O)(=O)N2CCCC(C(=O)O)C2)cc1)c1ccc(N2CCCC2)cc1. The molecule has 2 unspecified atom stereocenters. The standard InChI is InChI=1S/C26H32N2O6S/c1-2-24(19-7-9-21(10-8-19)27-15-3-4-16-27)26(31)34-22-11-13-23(14-12-22)35(32,33)28-17-5-6-20(18-28)25(29)30/h7-14,20,24H,2-6,15-18H2,1H3,(H,29,30). The largest absolute Gasteiger partial charge is 0.481 e. The summed E-state index contributed by atoms with van der Waals surface area (Å²) in [5, 5.41) is 9.25. The van der Waals surface area contributed by atoms with Gasteiger partial charge < -0.3 is 14.7 Å². The number of carbonyl (C=O) groups is 2. The molecule has 0 aromatic heterocycles. The van der Waals surface area contributed by atoms with E-state index >= 15 is 0 Å². The molecule has 2 aromatic rings. The molecule has 2 aromatic carbocycles. The van der Waals surface area contributed by atoms with E-state index in [-0.39, 0.29) is 23.7 Å². The number of esters is 1. The molecule has 1 N–H and O–H groups in total. The van der Waals surface area contributed by atoms with Crippen molar-refractivity contribution in [1.82, 2.24) is 4.31 Å². The second-order valence-corrected chi connectivity index (χ2v) is 11.1. The van der Waals surface area contributed by atoms with Gasteiger partial charge in [-0.3, -0.25) is 9.59 Å². The predicted molar refractivity (Wildman–Crippen MR) is 132 cm³/mol. The number of hydrogen-bond donors (Lipinski definition) is 1. The van der Waals surface area contributed by atoms with Gasteiger partial charge in [-0.25, -0.2) is 8.42 Å². The van der Waals surface area contributed by atoms with Crippen LogP contribution in [0, 0.1) is 5.92 Å². The number of hydrogen-bond acceptors (Lipinski definition) is 6. The highest BCUT2D eigenvalue weighted by Gasteiger charge is 2.33. The minimum Gasteiger partial charge on any atom is -0.481 e. The summed E-state index contributed by atoms with van der Waals surface area (Å²) in [5.74, 6) is -2.23. The number of rotatable bonds is 8. The normalized spacial score (nSPS) is 19.9. The highest BCUT2D eigenvalue weighted by Crippen LogP contribution is 2.28. The molecule has 8 nitrogen and oxygen atoms in total. The molecule has 2 saturated heterocycles. The van der Waals surface area contributed by atoms with Crippen LogP contribution in [0.2, 0.25) is 0 Å². The molecule has 2 atom stereocenters. The van der Waals surface area contributed by atoms with Crippen LogP contribution in [-0.2, 0) is 19.6 Å². The van der Waals surface area contributed by atoms with Crippen molar-refractivity contribution >= 4 is 27.6 Å². The van der Waals surface area contributed by atoms with Crippen LogP contribution in [0.15, 0.2) is 53.4 Å². The summed E-state index contributed by atoms with van der Waals surface area (Å²) in [5.41, 5.74) is 2.05. The summed E-state index contributed by atoms with van der Waals surface area (Å²) >= 11 is 0. The Kier molecular flexibility index (Phi) is 7.76. The first-order valence-corrected chi connectivity index (χ1v) is 13.6. The van der Waals surface area contributed by atoms with Gasteiger partial charge in [-0.1, -0.05) is 19.1 Å². The number of nitrogens with zero attached hydrogens (tertiary/aromatic N) is 2. The lowest BCUT2D eigenvalue weighted by Crippen LogP contribution is -2.42. The molecule has 2 fully saturated rings. The molecule has 2 heterocycles. The Hall–Kier alpha value is -2.91. The second-order valence-electron chi connectivity index (χ2n) is 9.18. The molecule has 0 radical (unpaired) electrons. The minimum absolute atomic E-state index is 0.0386. The highest BCUT2D eigenvalue weighted by molar-refractivity contribution is 7.89. The van der Waals surface area contributed by atoms with Crippen LogP contribution in [0.4, 0.5) is 5.69 Å². The minimum atomic E-state index is -3.82. The van der Waals surface area contributed by atoms with Gasteiger partial charge in [0.15, 0.2) is 0 Å². The van der Waals surface area contributed by atoms with Crippen LogP contribution in [-0.4, -0.2) is 55.9 Å². The van der Waals surface area contributed by atoms with Crippen molar-refractivity contribution in [3.8, 4) is 5.75 Å². The number of ether oxygens (including phenoxy) is 1. The van der Waals surface area contributed by atoms with Crippen molar-refractivity contribution < 1.29 is 27.9 Å². The van der Waals surface area contributed by atoms with E-state index in [1.54, 1.807) is 0 Å². The predicted octanol–water partition coefficient (Wildman–Crippen LogP) is 3.87. The number of sulfonamides is 1. The number of benzene rings is 2. The van der Waals surface area contributed by atoms with Gasteiger partial charge in [0.05, 0.1) is 16.7 Å². The number of anilines is 1. The smallest absolute Gasteiger partial charge is 0.318 e. The topological polar surface area (TPSA) is 104 Å². The van der Waals surface area contributed by atoms with Crippen LogP contribution in [0.5, 0.6) is 5.75 Å². The Bertz CT molecular complexity index is 1140. The van der Waals surface area contributed by atoms with Crippen molar-refractivity contribution in [2.24, 2.45) is 5.92 Å². The Labute approximate surface area is 206 Å². The first kappa shape index (κ1) is 25.2. The van der Waals surface area contributed by atoms with Gasteiger partial charge in [0.1, 0.15) is 5.75 Å². The molecule has 0 saturated carbocycles. The van der Waals surface area contributed by atoms with E-state index < -0.39 is 33.8 Å². The molecule has 4 rings (SSSR count). The van der Waals surface area contributed by atoms with E-state index in [9.17, 15) is 23.1 Å². The summed E-state index contributed by atoms with van der Waals surface area (Å²) in [4.78, 5) is 26.6. The fraction of sp³-hybridized carbons (Fsp3) is 0.462. The molecule has 0 aliphatic carbocycles. The van der Waals surface area contributed by atoms with Crippen molar-refractivity contribution in [2.45, 2.75) is 49.8 Å². The zero-order chi connectivity index (χ0) is 25.0. The van der Waals surface area contributed by atoms with Crippen LogP contribution >= 0.6 is 0 Å². The van der Waals surface area contributed by atoms with Crippen LogP contribution in [0.1, 0.15) is 50.5 Å². The molecule has 0 amide bonds. The van der Waals surface area contributed by atoms with Gasteiger partial charge in [0, 0.05) is 31.9 Å². The van der Waals surface area contributed by atoms with Crippen molar-refractivity contribution in [2.75, 3.05) is 31.1 Å². The third kappa shape index (κ3) is 5.67.